The minimum absolute atomic E-state index is 0. The van der Waals surface area contributed by atoms with E-state index in [2.05, 4.69) is 53.7 Å². The Labute approximate surface area is 115 Å². The molecule has 18 heavy (non-hydrogen) atoms. The van der Waals surface area contributed by atoms with Crippen LogP contribution < -0.4 is 5.32 Å². The molecule has 0 saturated carbocycles. The standard InChI is InChI=1S/C14H19N3.ClH/c1-2-17-14(9-11-16-17)12-15-10-8-13-6-4-3-5-7-13;/h3-7,9,11,15H,2,8,10,12H2,1H3;1H. The predicted octanol–water partition coefficient (Wildman–Crippen LogP) is 2.66. The van der Waals surface area contributed by atoms with E-state index in [-0.39, 0.29) is 12.4 Å². The summed E-state index contributed by atoms with van der Waals surface area (Å²) in [5, 5.41) is 7.70. The summed E-state index contributed by atoms with van der Waals surface area (Å²) in [7, 11) is 0. The summed E-state index contributed by atoms with van der Waals surface area (Å²) in [5.41, 5.74) is 2.63. The van der Waals surface area contributed by atoms with Gasteiger partial charge in [0.15, 0.2) is 0 Å². The van der Waals surface area contributed by atoms with Gasteiger partial charge in [0.25, 0.3) is 0 Å². The van der Waals surface area contributed by atoms with E-state index in [9.17, 15) is 0 Å². The summed E-state index contributed by atoms with van der Waals surface area (Å²) >= 11 is 0. The van der Waals surface area contributed by atoms with Gasteiger partial charge in [0.2, 0.25) is 0 Å². The lowest BCUT2D eigenvalue weighted by molar-refractivity contribution is 0.582. The van der Waals surface area contributed by atoms with Crippen molar-refractivity contribution < 1.29 is 0 Å². The quantitative estimate of drug-likeness (QED) is 0.814. The molecule has 1 aromatic heterocycles. The summed E-state index contributed by atoms with van der Waals surface area (Å²) < 4.78 is 2.02. The van der Waals surface area contributed by atoms with Gasteiger partial charge in [-0.15, -0.1) is 12.4 Å². The van der Waals surface area contributed by atoms with Crippen LogP contribution in [0.25, 0.3) is 0 Å². The SMILES string of the molecule is CCn1nccc1CNCCc1ccccc1.Cl. The van der Waals surface area contributed by atoms with Crippen molar-refractivity contribution in [1.82, 2.24) is 15.1 Å². The van der Waals surface area contributed by atoms with Gasteiger partial charge in [0, 0.05) is 19.3 Å². The molecule has 0 bridgehead atoms. The minimum atomic E-state index is 0. The van der Waals surface area contributed by atoms with Gasteiger partial charge in [-0.05, 0) is 31.5 Å². The summed E-state index contributed by atoms with van der Waals surface area (Å²) in [6, 6.07) is 12.6. The number of nitrogens with zero attached hydrogens (tertiary/aromatic N) is 2. The third-order valence-corrected chi connectivity index (χ3v) is 2.84. The summed E-state index contributed by atoms with van der Waals surface area (Å²) in [6.07, 6.45) is 2.93. The van der Waals surface area contributed by atoms with Crippen molar-refractivity contribution in [1.29, 1.82) is 0 Å². The third-order valence-electron chi connectivity index (χ3n) is 2.84. The van der Waals surface area contributed by atoms with Crippen molar-refractivity contribution in [2.24, 2.45) is 0 Å². The maximum atomic E-state index is 4.25. The van der Waals surface area contributed by atoms with E-state index in [1.165, 1.54) is 11.3 Å². The second kappa shape index (κ2) is 7.90. The highest BCUT2D eigenvalue weighted by atomic mass is 35.5. The highest BCUT2D eigenvalue weighted by molar-refractivity contribution is 5.85. The van der Waals surface area contributed by atoms with Crippen molar-refractivity contribution in [3.05, 3.63) is 53.9 Å². The number of nitrogens with one attached hydrogen (secondary N) is 1. The number of rotatable bonds is 6. The molecule has 2 rings (SSSR count). The molecular weight excluding hydrogens is 246 g/mol. The lowest BCUT2D eigenvalue weighted by Crippen LogP contribution is -2.19. The van der Waals surface area contributed by atoms with E-state index in [1.807, 2.05) is 10.9 Å². The Kier molecular flexibility index (Phi) is 6.47. The lowest BCUT2D eigenvalue weighted by atomic mass is 10.1. The number of benzene rings is 1. The van der Waals surface area contributed by atoms with Crippen molar-refractivity contribution in [2.75, 3.05) is 6.54 Å². The van der Waals surface area contributed by atoms with E-state index in [1.54, 1.807) is 0 Å². The van der Waals surface area contributed by atoms with E-state index >= 15 is 0 Å². The summed E-state index contributed by atoms with van der Waals surface area (Å²) in [6.45, 7) is 4.93. The predicted molar refractivity (Wildman–Crippen MR) is 77.0 cm³/mol. The molecule has 1 N–H and O–H groups in total. The van der Waals surface area contributed by atoms with E-state index in [0.29, 0.717) is 0 Å². The van der Waals surface area contributed by atoms with E-state index in [0.717, 1.165) is 26.1 Å². The topological polar surface area (TPSA) is 29.9 Å². The second-order valence-electron chi connectivity index (χ2n) is 4.05. The Morgan fingerprint density at radius 3 is 2.67 bits per heavy atom. The molecule has 0 fully saturated rings. The number of aryl methyl sites for hydroxylation is 1. The molecule has 0 saturated heterocycles. The first kappa shape index (κ1) is 14.7. The van der Waals surface area contributed by atoms with Crippen LogP contribution in [0.15, 0.2) is 42.6 Å². The van der Waals surface area contributed by atoms with Crippen LogP contribution in [0, 0.1) is 0 Å². The zero-order chi connectivity index (χ0) is 11.9. The molecule has 0 unspecified atom stereocenters. The Morgan fingerprint density at radius 1 is 1.17 bits per heavy atom. The molecule has 0 spiro atoms. The molecule has 2 aromatic rings. The van der Waals surface area contributed by atoms with Gasteiger partial charge in [-0.25, -0.2) is 0 Å². The molecule has 0 aliphatic carbocycles. The van der Waals surface area contributed by atoms with Crippen molar-refractivity contribution in [3.8, 4) is 0 Å². The molecule has 98 valence electrons. The first-order valence-electron chi connectivity index (χ1n) is 6.15. The lowest BCUT2D eigenvalue weighted by Gasteiger charge is -2.06. The fraction of sp³-hybridized carbons (Fsp3) is 0.357. The smallest absolute Gasteiger partial charge is 0.0521 e. The van der Waals surface area contributed by atoms with Crippen LogP contribution >= 0.6 is 12.4 Å². The van der Waals surface area contributed by atoms with Crippen LogP contribution in [0.3, 0.4) is 0 Å². The molecule has 4 heteroatoms. The highest BCUT2D eigenvalue weighted by Crippen LogP contribution is 2.00. The molecule has 3 nitrogen and oxygen atoms in total. The fourth-order valence-corrected chi connectivity index (χ4v) is 1.89. The van der Waals surface area contributed by atoms with Crippen LogP contribution in [-0.4, -0.2) is 16.3 Å². The molecule has 0 radical (unpaired) electrons. The molecule has 0 aliphatic heterocycles. The van der Waals surface area contributed by atoms with Crippen LogP contribution in [0.5, 0.6) is 0 Å². The average Bonchev–Trinajstić information content (AvgIpc) is 2.83. The van der Waals surface area contributed by atoms with Crippen molar-refractivity contribution in [3.63, 3.8) is 0 Å². The van der Waals surface area contributed by atoms with Gasteiger partial charge in [-0.2, -0.15) is 5.10 Å². The Balaban J connectivity index is 0.00000162. The molecule has 0 amide bonds. The summed E-state index contributed by atoms with van der Waals surface area (Å²) in [4.78, 5) is 0. The van der Waals surface area contributed by atoms with Gasteiger partial charge >= 0.3 is 0 Å². The normalized spacial score (nSPS) is 10.1. The van der Waals surface area contributed by atoms with Crippen molar-refractivity contribution in [2.45, 2.75) is 26.4 Å². The first-order chi connectivity index (χ1) is 8.40. The monoisotopic (exact) mass is 265 g/mol. The van der Waals surface area contributed by atoms with E-state index in [4.69, 9.17) is 0 Å². The summed E-state index contributed by atoms with van der Waals surface area (Å²) in [5.74, 6) is 0. The first-order valence-corrected chi connectivity index (χ1v) is 6.15. The maximum absolute atomic E-state index is 4.25. The highest BCUT2D eigenvalue weighted by Gasteiger charge is 1.99. The van der Waals surface area contributed by atoms with Gasteiger partial charge in [-0.3, -0.25) is 4.68 Å². The van der Waals surface area contributed by atoms with Crippen molar-refractivity contribution >= 4 is 12.4 Å². The Hall–Kier alpha value is -1.32. The van der Waals surface area contributed by atoms with Crippen LogP contribution in [0.2, 0.25) is 0 Å². The second-order valence-corrected chi connectivity index (χ2v) is 4.05. The van der Waals surface area contributed by atoms with Crippen LogP contribution in [-0.2, 0) is 19.5 Å². The molecular formula is C14H20ClN3. The van der Waals surface area contributed by atoms with Gasteiger partial charge in [0.1, 0.15) is 0 Å². The molecule has 1 heterocycles. The van der Waals surface area contributed by atoms with E-state index < -0.39 is 0 Å². The third kappa shape index (κ3) is 4.17. The fourth-order valence-electron chi connectivity index (χ4n) is 1.89. The van der Waals surface area contributed by atoms with Gasteiger partial charge < -0.3 is 5.32 Å². The zero-order valence-electron chi connectivity index (χ0n) is 10.7. The Bertz CT molecular complexity index is 439. The molecule has 0 atom stereocenters. The Morgan fingerprint density at radius 2 is 1.94 bits per heavy atom. The number of hydrogen-bond acceptors (Lipinski definition) is 2. The number of aromatic nitrogens is 2. The number of halogens is 1. The van der Waals surface area contributed by atoms with Crippen LogP contribution in [0.4, 0.5) is 0 Å². The van der Waals surface area contributed by atoms with Crippen LogP contribution in [0.1, 0.15) is 18.2 Å². The molecule has 1 aromatic carbocycles. The van der Waals surface area contributed by atoms with Gasteiger partial charge in [-0.1, -0.05) is 30.3 Å². The molecule has 0 aliphatic rings. The van der Waals surface area contributed by atoms with Gasteiger partial charge in [0.05, 0.1) is 5.69 Å². The average molecular weight is 266 g/mol. The number of hydrogen-bond donors (Lipinski definition) is 1. The zero-order valence-corrected chi connectivity index (χ0v) is 11.5. The minimum Gasteiger partial charge on any atom is -0.311 e. The largest absolute Gasteiger partial charge is 0.311 e. The maximum Gasteiger partial charge on any atom is 0.0521 e.